The van der Waals surface area contributed by atoms with Crippen LogP contribution in [0.1, 0.15) is 18.1 Å². The monoisotopic (exact) mass is 270 g/mol. The number of carbonyl (C=O) groups is 2. The maximum atomic E-state index is 12.2. The molecule has 0 aliphatic carbocycles. The number of carboxylic acids is 1. The topological polar surface area (TPSA) is 63.6 Å². The molecule has 0 aliphatic rings. The van der Waals surface area contributed by atoms with Crippen LogP contribution in [0.3, 0.4) is 0 Å². The maximum absolute atomic E-state index is 12.2. The Kier molecular flexibility index (Phi) is 5.17. The number of Topliss-reactive ketones (excluding diaryl/α,β-unsaturated/α-hetero) is 1. The molecule has 0 radical (unpaired) electrons. The number of ether oxygens (including phenoxy) is 1. The third-order valence-corrected chi connectivity index (χ3v) is 2.15. The average molecular weight is 270 g/mol. The van der Waals surface area contributed by atoms with Gasteiger partial charge in [-0.25, -0.2) is 4.79 Å². The highest BCUT2D eigenvalue weighted by Crippen LogP contribution is 2.24. The molecule has 0 atom stereocenters. The lowest BCUT2D eigenvalue weighted by atomic mass is 10.0. The van der Waals surface area contributed by atoms with Crippen LogP contribution in [-0.4, -0.2) is 23.5 Å². The van der Waals surface area contributed by atoms with Gasteiger partial charge in [0.2, 0.25) is 0 Å². The molecule has 0 spiro atoms. The van der Waals surface area contributed by atoms with Crippen LogP contribution in [0.2, 0.25) is 0 Å². The van der Waals surface area contributed by atoms with Gasteiger partial charge in [-0.2, -0.15) is 8.78 Å². The summed E-state index contributed by atoms with van der Waals surface area (Å²) < 4.78 is 28.7. The van der Waals surface area contributed by atoms with E-state index in [0.29, 0.717) is 5.56 Å². The minimum absolute atomic E-state index is 0.0873. The zero-order valence-corrected chi connectivity index (χ0v) is 10.1. The highest BCUT2D eigenvalue weighted by atomic mass is 19.3. The molecule has 0 fully saturated rings. The molecule has 0 aliphatic heterocycles. The van der Waals surface area contributed by atoms with Crippen molar-refractivity contribution in [1.29, 1.82) is 0 Å². The van der Waals surface area contributed by atoms with E-state index in [-0.39, 0.29) is 23.5 Å². The fourth-order valence-electron chi connectivity index (χ4n) is 1.49. The summed E-state index contributed by atoms with van der Waals surface area (Å²) in [4.78, 5) is 21.4. The number of benzene rings is 1. The van der Waals surface area contributed by atoms with Crippen LogP contribution in [0, 0.1) is 0 Å². The van der Waals surface area contributed by atoms with Gasteiger partial charge < -0.3 is 9.84 Å². The van der Waals surface area contributed by atoms with E-state index in [1.54, 1.807) is 0 Å². The second-order valence-electron chi connectivity index (χ2n) is 3.80. The van der Waals surface area contributed by atoms with Crippen molar-refractivity contribution >= 4 is 17.8 Å². The van der Waals surface area contributed by atoms with Gasteiger partial charge >= 0.3 is 12.6 Å². The molecule has 0 saturated heterocycles. The number of alkyl halides is 2. The molecule has 0 amide bonds. The Morgan fingerprint density at radius 3 is 2.63 bits per heavy atom. The summed E-state index contributed by atoms with van der Waals surface area (Å²) in [6, 6.07) is 4.21. The first-order chi connectivity index (χ1) is 8.88. The molecular formula is C13H12F2O4. The minimum Gasteiger partial charge on any atom is -0.478 e. The van der Waals surface area contributed by atoms with E-state index in [0.717, 1.165) is 12.2 Å². The maximum Gasteiger partial charge on any atom is 0.387 e. The third kappa shape index (κ3) is 5.29. The van der Waals surface area contributed by atoms with Crippen LogP contribution >= 0.6 is 0 Å². The van der Waals surface area contributed by atoms with Gasteiger partial charge in [0.25, 0.3) is 0 Å². The van der Waals surface area contributed by atoms with E-state index in [2.05, 4.69) is 4.74 Å². The minimum atomic E-state index is -3.00. The molecule has 102 valence electrons. The summed E-state index contributed by atoms with van der Waals surface area (Å²) in [7, 11) is 0. The Labute approximate surface area is 108 Å². The van der Waals surface area contributed by atoms with Crippen molar-refractivity contribution in [3.8, 4) is 5.75 Å². The largest absolute Gasteiger partial charge is 0.478 e. The number of rotatable bonds is 6. The predicted octanol–water partition coefficient (Wildman–Crippen LogP) is 2.52. The lowest BCUT2D eigenvalue weighted by molar-refractivity contribution is -0.131. The first kappa shape index (κ1) is 14.8. The third-order valence-electron chi connectivity index (χ3n) is 2.15. The highest BCUT2D eigenvalue weighted by Gasteiger charge is 2.10. The Balaban J connectivity index is 3.09. The summed E-state index contributed by atoms with van der Waals surface area (Å²) in [5.74, 6) is -1.43. The van der Waals surface area contributed by atoms with Gasteiger partial charge in [-0.1, -0.05) is 6.07 Å². The summed E-state index contributed by atoms with van der Waals surface area (Å²) in [5.41, 5.74) is 0.778. The van der Waals surface area contributed by atoms with Crippen LogP contribution in [0.25, 0.3) is 6.08 Å². The van der Waals surface area contributed by atoms with E-state index in [9.17, 15) is 18.4 Å². The lowest BCUT2D eigenvalue weighted by Crippen LogP contribution is -2.04. The standard InChI is InChI=1S/C13H12F2O4/c1-8(16)6-9-2-4-11(19-13(14)15)10(7-9)3-5-12(17)18/h2-5,7,13H,6H2,1H3,(H,17,18)/b5-3+. The molecule has 0 unspecified atom stereocenters. The van der Waals surface area contributed by atoms with Gasteiger partial charge in [-0.3, -0.25) is 4.79 Å². The Bertz CT molecular complexity index is 509. The van der Waals surface area contributed by atoms with Crippen LogP contribution in [-0.2, 0) is 16.0 Å². The number of aliphatic carboxylic acids is 1. The van der Waals surface area contributed by atoms with Crippen LogP contribution in [0.4, 0.5) is 8.78 Å². The fraction of sp³-hybridized carbons (Fsp3) is 0.231. The second-order valence-corrected chi connectivity index (χ2v) is 3.80. The van der Waals surface area contributed by atoms with Crippen molar-refractivity contribution in [3.63, 3.8) is 0 Å². The van der Waals surface area contributed by atoms with Gasteiger partial charge in [-0.05, 0) is 30.7 Å². The van der Waals surface area contributed by atoms with Gasteiger partial charge in [0.05, 0.1) is 0 Å². The molecule has 0 saturated carbocycles. The Morgan fingerprint density at radius 2 is 2.11 bits per heavy atom. The normalized spacial score (nSPS) is 10.9. The zero-order chi connectivity index (χ0) is 14.4. The number of ketones is 1. The van der Waals surface area contributed by atoms with Crippen molar-refractivity contribution in [2.75, 3.05) is 0 Å². The first-order valence-corrected chi connectivity index (χ1v) is 5.36. The predicted molar refractivity (Wildman–Crippen MR) is 64.1 cm³/mol. The smallest absolute Gasteiger partial charge is 0.387 e. The molecule has 1 aromatic carbocycles. The van der Waals surface area contributed by atoms with Gasteiger partial charge in [0.15, 0.2) is 0 Å². The fourth-order valence-corrected chi connectivity index (χ4v) is 1.49. The number of hydrogen-bond donors (Lipinski definition) is 1. The number of carbonyl (C=O) groups excluding carboxylic acids is 1. The SMILES string of the molecule is CC(=O)Cc1ccc(OC(F)F)c(/C=C/C(=O)O)c1. The average Bonchev–Trinajstić information content (AvgIpc) is 2.27. The van der Waals surface area contributed by atoms with Crippen LogP contribution < -0.4 is 4.74 Å². The zero-order valence-electron chi connectivity index (χ0n) is 10.1. The summed E-state index contributed by atoms with van der Waals surface area (Å²) in [6.45, 7) is -1.60. The quantitative estimate of drug-likeness (QED) is 0.807. The Hall–Kier alpha value is -2.24. The van der Waals surface area contributed by atoms with Crippen molar-refractivity contribution in [1.82, 2.24) is 0 Å². The van der Waals surface area contributed by atoms with Crippen molar-refractivity contribution in [2.24, 2.45) is 0 Å². The summed E-state index contributed by atoms with van der Waals surface area (Å²) in [6.07, 6.45) is 2.10. The van der Waals surface area contributed by atoms with E-state index >= 15 is 0 Å². The summed E-state index contributed by atoms with van der Waals surface area (Å²) in [5, 5.41) is 8.53. The number of carboxylic acid groups (broad SMARTS) is 1. The molecular weight excluding hydrogens is 258 g/mol. The van der Waals surface area contributed by atoms with Gasteiger partial charge in [-0.15, -0.1) is 0 Å². The molecule has 1 rings (SSSR count). The van der Waals surface area contributed by atoms with E-state index in [1.165, 1.54) is 25.1 Å². The van der Waals surface area contributed by atoms with Crippen LogP contribution in [0.5, 0.6) is 5.75 Å². The molecule has 4 nitrogen and oxygen atoms in total. The molecule has 0 heterocycles. The van der Waals surface area contributed by atoms with E-state index in [1.807, 2.05) is 0 Å². The molecule has 0 aromatic heterocycles. The second kappa shape index (κ2) is 6.63. The first-order valence-electron chi connectivity index (χ1n) is 5.36. The number of hydrogen-bond acceptors (Lipinski definition) is 3. The van der Waals surface area contributed by atoms with Crippen molar-refractivity contribution < 1.29 is 28.2 Å². The Morgan fingerprint density at radius 1 is 1.42 bits per heavy atom. The van der Waals surface area contributed by atoms with Crippen molar-refractivity contribution in [2.45, 2.75) is 20.0 Å². The molecule has 0 bridgehead atoms. The molecule has 6 heteroatoms. The summed E-state index contributed by atoms with van der Waals surface area (Å²) >= 11 is 0. The molecule has 1 N–H and O–H groups in total. The van der Waals surface area contributed by atoms with Crippen LogP contribution in [0.15, 0.2) is 24.3 Å². The van der Waals surface area contributed by atoms with Gasteiger partial charge in [0, 0.05) is 18.1 Å². The number of halogens is 2. The molecule has 1 aromatic rings. The lowest BCUT2D eigenvalue weighted by Gasteiger charge is -2.09. The molecule has 19 heavy (non-hydrogen) atoms. The van der Waals surface area contributed by atoms with E-state index < -0.39 is 12.6 Å². The van der Waals surface area contributed by atoms with E-state index in [4.69, 9.17) is 5.11 Å². The highest BCUT2D eigenvalue weighted by molar-refractivity contribution is 5.86. The van der Waals surface area contributed by atoms with Gasteiger partial charge in [0.1, 0.15) is 11.5 Å². The van der Waals surface area contributed by atoms with Crippen molar-refractivity contribution in [3.05, 3.63) is 35.4 Å².